The molecule has 0 saturated carbocycles. The van der Waals surface area contributed by atoms with Crippen LogP contribution in [0.3, 0.4) is 0 Å². The van der Waals surface area contributed by atoms with Gasteiger partial charge in [-0.15, -0.1) is 0 Å². The quantitative estimate of drug-likeness (QED) is 0.811. The molecule has 1 aromatic carbocycles. The van der Waals surface area contributed by atoms with Crippen LogP contribution in [0.5, 0.6) is 5.75 Å². The van der Waals surface area contributed by atoms with Crippen LogP contribution in [0, 0.1) is 0 Å². The second kappa shape index (κ2) is 8.18. The van der Waals surface area contributed by atoms with Gasteiger partial charge in [0.2, 0.25) is 5.91 Å². The number of hydrogen-bond donors (Lipinski definition) is 0. The largest absolute Gasteiger partial charge is 0.497 e. The molecule has 4 nitrogen and oxygen atoms in total. The Bertz CT molecular complexity index is 479. The van der Waals surface area contributed by atoms with Crippen LogP contribution < -0.4 is 4.74 Å². The predicted octanol–water partition coefficient (Wildman–Crippen LogP) is 3.04. The van der Waals surface area contributed by atoms with E-state index in [1.54, 1.807) is 7.11 Å². The number of benzene rings is 1. The molecule has 0 bridgehead atoms. The predicted molar refractivity (Wildman–Crippen MR) is 87.1 cm³/mol. The van der Waals surface area contributed by atoms with E-state index in [-0.39, 0.29) is 12.0 Å². The summed E-state index contributed by atoms with van der Waals surface area (Å²) in [6.07, 6.45) is 3.79. The number of likely N-dealkylation sites (tertiary alicyclic amines) is 1. The van der Waals surface area contributed by atoms with Crippen LogP contribution in [-0.4, -0.2) is 43.2 Å². The van der Waals surface area contributed by atoms with E-state index >= 15 is 0 Å². The van der Waals surface area contributed by atoms with Crippen molar-refractivity contribution in [1.82, 2.24) is 4.90 Å². The molecule has 0 spiro atoms. The number of amides is 1. The van der Waals surface area contributed by atoms with Gasteiger partial charge in [-0.2, -0.15) is 0 Å². The van der Waals surface area contributed by atoms with Gasteiger partial charge in [0.05, 0.1) is 19.3 Å². The molecule has 0 atom stereocenters. The van der Waals surface area contributed by atoms with E-state index < -0.39 is 0 Å². The minimum Gasteiger partial charge on any atom is -0.497 e. The first-order chi connectivity index (χ1) is 10.6. The van der Waals surface area contributed by atoms with Gasteiger partial charge in [-0.05, 0) is 50.8 Å². The van der Waals surface area contributed by atoms with Crippen molar-refractivity contribution < 1.29 is 14.3 Å². The van der Waals surface area contributed by atoms with Crippen LogP contribution in [0.25, 0.3) is 0 Å². The summed E-state index contributed by atoms with van der Waals surface area (Å²) in [5, 5.41) is 0. The molecule has 0 aliphatic carbocycles. The highest BCUT2D eigenvalue weighted by Gasteiger charge is 2.23. The SMILES string of the molecule is COc1cccc(CCC(=O)N2CCC(OC(C)C)CC2)c1. The number of methoxy groups -OCH3 is 1. The Hall–Kier alpha value is -1.55. The number of carbonyl (C=O) groups excluding carboxylic acids is 1. The van der Waals surface area contributed by atoms with Crippen molar-refractivity contribution in [2.24, 2.45) is 0 Å². The maximum Gasteiger partial charge on any atom is 0.222 e. The topological polar surface area (TPSA) is 38.8 Å². The Labute approximate surface area is 133 Å². The van der Waals surface area contributed by atoms with Crippen LogP contribution >= 0.6 is 0 Å². The number of rotatable bonds is 6. The van der Waals surface area contributed by atoms with E-state index in [2.05, 4.69) is 13.8 Å². The lowest BCUT2D eigenvalue weighted by atomic mass is 10.1. The van der Waals surface area contributed by atoms with Gasteiger partial charge in [0.1, 0.15) is 5.75 Å². The molecule has 4 heteroatoms. The van der Waals surface area contributed by atoms with Gasteiger partial charge in [-0.1, -0.05) is 12.1 Å². The number of carbonyl (C=O) groups is 1. The van der Waals surface area contributed by atoms with Gasteiger partial charge in [0, 0.05) is 19.5 Å². The average Bonchev–Trinajstić information content (AvgIpc) is 2.53. The lowest BCUT2D eigenvalue weighted by Gasteiger charge is -2.33. The third-order valence-electron chi connectivity index (χ3n) is 4.02. The monoisotopic (exact) mass is 305 g/mol. The maximum atomic E-state index is 12.3. The Morgan fingerprint density at radius 2 is 2.05 bits per heavy atom. The molecular formula is C18H27NO3. The second-order valence-electron chi connectivity index (χ2n) is 6.12. The molecule has 1 aliphatic rings. The van der Waals surface area contributed by atoms with Crippen molar-refractivity contribution >= 4 is 5.91 Å². The van der Waals surface area contributed by atoms with Crippen molar-refractivity contribution in [3.05, 3.63) is 29.8 Å². The van der Waals surface area contributed by atoms with Crippen LogP contribution in [0.1, 0.15) is 38.7 Å². The lowest BCUT2D eigenvalue weighted by Crippen LogP contribution is -2.41. The molecule has 0 aromatic heterocycles. The summed E-state index contributed by atoms with van der Waals surface area (Å²) in [5.74, 6) is 1.09. The zero-order valence-corrected chi connectivity index (χ0v) is 13.9. The molecule has 2 rings (SSSR count). The molecule has 22 heavy (non-hydrogen) atoms. The van der Waals surface area contributed by atoms with E-state index in [4.69, 9.17) is 9.47 Å². The first-order valence-electron chi connectivity index (χ1n) is 8.14. The van der Waals surface area contributed by atoms with Gasteiger partial charge >= 0.3 is 0 Å². The van der Waals surface area contributed by atoms with E-state index in [1.165, 1.54) is 0 Å². The number of piperidine rings is 1. The van der Waals surface area contributed by atoms with Gasteiger partial charge in [-0.25, -0.2) is 0 Å². The summed E-state index contributed by atoms with van der Waals surface area (Å²) in [7, 11) is 1.66. The number of nitrogens with zero attached hydrogens (tertiary/aromatic N) is 1. The lowest BCUT2D eigenvalue weighted by molar-refractivity contribution is -0.134. The van der Waals surface area contributed by atoms with Crippen molar-refractivity contribution in [3.63, 3.8) is 0 Å². The Kier molecular flexibility index (Phi) is 6.25. The van der Waals surface area contributed by atoms with E-state index in [1.807, 2.05) is 29.2 Å². The fourth-order valence-electron chi connectivity index (χ4n) is 2.86. The van der Waals surface area contributed by atoms with Crippen molar-refractivity contribution in [2.75, 3.05) is 20.2 Å². The number of hydrogen-bond acceptors (Lipinski definition) is 3. The van der Waals surface area contributed by atoms with Crippen LogP contribution in [-0.2, 0) is 16.0 Å². The highest BCUT2D eigenvalue weighted by Crippen LogP contribution is 2.18. The minimum absolute atomic E-state index is 0.241. The maximum absolute atomic E-state index is 12.3. The Morgan fingerprint density at radius 1 is 1.32 bits per heavy atom. The van der Waals surface area contributed by atoms with Crippen LogP contribution in [0.15, 0.2) is 24.3 Å². The minimum atomic E-state index is 0.241. The van der Waals surface area contributed by atoms with Gasteiger partial charge in [-0.3, -0.25) is 4.79 Å². The summed E-state index contributed by atoms with van der Waals surface area (Å²) in [4.78, 5) is 14.3. The zero-order chi connectivity index (χ0) is 15.9. The number of aryl methyl sites for hydroxylation is 1. The molecule has 0 unspecified atom stereocenters. The normalized spacial score (nSPS) is 16.1. The highest BCUT2D eigenvalue weighted by atomic mass is 16.5. The molecule has 0 N–H and O–H groups in total. The van der Waals surface area contributed by atoms with Crippen molar-refractivity contribution in [3.8, 4) is 5.75 Å². The molecule has 1 amide bonds. The van der Waals surface area contributed by atoms with Crippen LogP contribution in [0.4, 0.5) is 0 Å². The Balaban J connectivity index is 1.76. The molecular weight excluding hydrogens is 278 g/mol. The summed E-state index contributed by atoms with van der Waals surface area (Å²) < 4.78 is 11.0. The van der Waals surface area contributed by atoms with E-state index in [0.717, 1.165) is 43.7 Å². The van der Waals surface area contributed by atoms with Crippen LogP contribution in [0.2, 0.25) is 0 Å². The summed E-state index contributed by atoms with van der Waals surface area (Å²) in [6, 6.07) is 7.92. The van der Waals surface area contributed by atoms with Crippen molar-refractivity contribution in [2.45, 2.75) is 51.7 Å². The molecule has 1 aliphatic heterocycles. The number of ether oxygens (including phenoxy) is 2. The fourth-order valence-corrected chi connectivity index (χ4v) is 2.86. The molecule has 122 valence electrons. The van der Waals surface area contributed by atoms with Gasteiger partial charge in [0.25, 0.3) is 0 Å². The summed E-state index contributed by atoms with van der Waals surface area (Å²) >= 11 is 0. The third kappa shape index (κ3) is 5.02. The molecule has 1 aromatic rings. The Morgan fingerprint density at radius 3 is 2.68 bits per heavy atom. The zero-order valence-electron chi connectivity index (χ0n) is 13.9. The van der Waals surface area contributed by atoms with E-state index in [9.17, 15) is 4.79 Å². The first kappa shape index (κ1) is 16.8. The average molecular weight is 305 g/mol. The fraction of sp³-hybridized carbons (Fsp3) is 0.611. The summed E-state index contributed by atoms with van der Waals surface area (Å²) in [6.45, 7) is 5.75. The standard InChI is InChI=1S/C18H27NO3/c1-14(2)22-16-9-11-19(12-10-16)18(20)8-7-15-5-4-6-17(13-15)21-3/h4-6,13-14,16H,7-12H2,1-3H3. The van der Waals surface area contributed by atoms with Crippen molar-refractivity contribution in [1.29, 1.82) is 0 Å². The molecule has 1 fully saturated rings. The summed E-state index contributed by atoms with van der Waals surface area (Å²) in [5.41, 5.74) is 1.14. The van der Waals surface area contributed by atoms with E-state index in [0.29, 0.717) is 12.5 Å². The molecule has 0 radical (unpaired) electrons. The second-order valence-corrected chi connectivity index (χ2v) is 6.12. The molecule has 1 saturated heterocycles. The van der Waals surface area contributed by atoms with Gasteiger partial charge < -0.3 is 14.4 Å². The molecule has 1 heterocycles. The van der Waals surface area contributed by atoms with Gasteiger partial charge in [0.15, 0.2) is 0 Å². The highest BCUT2D eigenvalue weighted by molar-refractivity contribution is 5.76. The third-order valence-corrected chi connectivity index (χ3v) is 4.02. The first-order valence-corrected chi connectivity index (χ1v) is 8.14. The smallest absolute Gasteiger partial charge is 0.222 e.